The molecule has 104 valence electrons. The van der Waals surface area contributed by atoms with Gasteiger partial charge < -0.3 is 5.73 Å². The van der Waals surface area contributed by atoms with Crippen LogP contribution in [-0.4, -0.2) is 24.4 Å². The van der Waals surface area contributed by atoms with E-state index in [4.69, 9.17) is 17.3 Å². The first kappa shape index (κ1) is 14.6. The molecule has 0 saturated heterocycles. The second-order valence-electron chi connectivity index (χ2n) is 4.85. The zero-order valence-electron chi connectivity index (χ0n) is 11.3. The number of nitrogens with two attached hydrogens (primary N) is 1. The Bertz CT molecular complexity index is 596. The van der Waals surface area contributed by atoms with E-state index in [0.29, 0.717) is 6.54 Å². The molecule has 0 atom stereocenters. The van der Waals surface area contributed by atoms with Crippen molar-refractivity contribution in [1.29, 1.82) is 0 Å². The lowest BCUT2D eigenvalue weighted by molar-refractivity contribution is -0.118. The summed E-state index contributed by atoms with van der Waals surface area (Å²) < 4.78 is 0. The molecule has 0 aliphatic heterocycles. The van der Waals surface area contributed by atoms with Crippen LogP contribution in [0, 0.1) is 0 Å². The molecule has 2 rings (SSSR count). The summed E-state index contributed by atoms with van der Waals surface area (Å²) in [5.41, 5.74) is 8.58. The Morgan fingerprint density at radius 3 is 2.50 bits per heavy atom. The number of primary amides is 1. The van der Waals surface area contributed by atoms with Gasteiger partial charge >= 0.3 is 0 Å². The van der Waals surface area contributed by atoms with E-state index in [0.717, 1.165) is 21.7 Å². The third-order valence-corrected chi connectivity index (χ3v) is 3.23. The largest absolute Gasteiger partial charge is 0.369 e. The van der Waals surface area contributed by atoms with Crippen LogP contribution >= 0.6 is 11.6 Å². The van der Waals surface area contributed by atoms with Crippen molar-refractivity contribution in [3.05, 3.63) is 59.1 Å². The standard InChI is InChI=1S/C16H17ClN2O/c1-19(11-16(18)20)10-12-3-2-4-14(9-12)13-5-7-15(17)8-6-13/h2-9H,10-11H2,1H3,(H2,18,20). The van der Waals surface area contributed by atoms with E-state index in [1.165, 1.54) is 0 Å². The van der Waals surface area contributed by atoms with Crippen LogP contribution in [0.3, 0.4) is 0 Å². The number of halogens is 1. The first-order chi connectivity index (χ1) is 9.54. The fourth-order valence-electron chi connectivity index (χ4n) is 2.13. The van der Waals surface area contributed by atoms with Crippen molar-refractivity contribution in [2.24, 2.45) is 5.73 Å². The number of benzene rings is 2. The molecule has 0 heterocycles. The van der Waals surface area contributed by atoms with Crippen molar-refractivity contribution < 1.29 is 4.79 Å². The molecule has 0 aliphatic carbocycles. The van der Waals surface area contributed by atoms with Gasteiger partial charge in [0.05, 0.1) is 6.54 Å². The fourth-order valence-corrected chi connectivity index (χ4v) is 2.25. The number of rotatable bonds is 5. The Labute approximate surface area is 124 Å². The second-order valence-corrected chi connectivity index (χ2v) is 5.28. The van der Waals surface area contributed by atoms with E-state index in [1.807, 2.05) is 48.3 Å². The maximum atomic E-state index is 10.9. The Hall–Kier alpha value is -1.84. The summed E-state index contributed by atoms with van der Waals surface area (Å²) in [6.07, 6.45) is 0. The molecule has 2 aromatic rings. The van der Waals surface area contributed by atoms with E-state index in [1.54, 1.807) is 0 Å². The van der Waals surface area contributed by atoms with Crippen LogP contribution < -0.4 is 5.73 Å². The molecule has 2 aromatic carbocycles. The highest BCUT2D eigenvalue weighted by molar-refractivity contribution is 6.30. The number of carbonyl (C=O) groups excluding carboxylic acids is 1. The number of hydrogen-bond donors (Lipinski definition) is 1. The van der Waals surface area contributed by atoms with Crippen LogP contribution in [0.4, 0.5) is 0 Å². The van der Waals surface area contributed by atoms with Crippen LogP contribution in [0.15, 0.2) is 48.5 Å². The molecular formula is C16H17ClN2O. The lowest BCUT2D eigenvalue weighted by Crippen LogP contribution is -2.30. The molecule has 4 heteroatoms. The van der Waals surface area contributed by atoms with Crippen molar-refractivity contribution in [2.75, 3.05) is 13.6 Å². The van der Waals surface area contributed by atoms with Crippen molar-refractivity contribution in [3.8, 4) is 11.1 Å². The van der Waals surface area contributed by atoms with Crippen LogP contribution in [0.1, 0.15) is 5.56 Å². The van der Waals surface area contributed by atoms with Gasteiger partial charge in [-0.3, -0.25) is 9.69 Å². The van der Waals surface area contributed by atoms with Crippen molar-refractivity contribution in [3.63, 3.8) is 0 Å². The van der Waals surface area contributed by atoms with Gasteiger partial charge in [0.2, 0.25) is 5.91 Å². The minimum Gasteiger partial charge on any atom is -0.369 e. The van der Waals surface area contributed by atoms with Crippen LogP contribution in [0.5, 0.6) is 0 Å². The Balaban J connectivity index is 2.15. The third kappa shape index (κ3) is 4.08. The molecule has 0 fully saturated rings. The lowest BCUT2D eigenvalue weighted by Gasteiger charge is -2.15. The van der Waals surface area contributed by atoms with E-state index < -0.39 is 0 Å². The molecule has 2 N–H and O–H groups in total. The summed E-state index contributed by atoms with van der Waals surface area (Å²) in [7, 11) is 1.87. The van der Waals surface area contributed by atoms with E-state index in [-0.39, 0.29) is 12.5 Å². The average Bonchev–Trinajstić information content (AvgIpc) is 2.38. The van der Waals surface area contributed by atoms with Gasteiger partial charge in [0, 0.05) is 11.6 Å². The highest BCUT2D eigenvalue weighted by Crippen LogP contribution is 2.22. The lowest BCUT2D eigenvalue weighted by atomic mass is 10.0. The van der Waals surface area contributed by atoms with Crippen LogP contribution in [-0.2, 0) is 11.3 Å². The molecule has 0 bridgehead atoms. The van der Waals surface area contributed by atoms with Gasteiger partial charge in [-0.2, -0.15) is 0 Å². The molecule has 3 nitrogen and oxygen atoms in total. The monoisotopic (exact) mass is 288 g/mol. The normalized spacial score (nSPS) is 10.8. The third-order valence-electron chi connectivity index (χ3n) is 2.98. The van der Waals surface area contributed by atoms with Gasteiger partial charge in [-0.15, -0.1) is 0 Å². The number of likely N-dealkylation sites (N-methyl/N-ethyl adjacent to an activating group) is 1. The molecular weight excluding hydrogens is 272 g/mol. The molecule has 0 spiro atoms. The maximum absolute atomic E-state index is 10.9. The van der Waals surface area contributed by atoms with Crippen molar-refractivity contribution >= 4 is 17.5 Å². The van der Waals surface area contributed by atoms with Crippen molar-refractivity contribution in [2.45, 2.75) is 6.54 Å². The van der Waals surface area contributed by atoms with Crippen LogP contribution in [0.2, 0.25) is 5.02 Å². The SMILES string of the molecule is CN(CC(N)=O)Cc1cccc(-c2ccc(Cl)cc2)c1. The minimum absolute atomic E-state index is 0.255. The number of carbonyl (C=O) groups is 1. The van der Waals surface area contributed by atoms with Gasteiger partial charge in [-0.1, -0.05) is 41.9 Å². The summed E-state index contributed by atoms with van der Waals surface area (Å²) >= 11 is 5.90. The molecule has 0 unspecified atom stereocenters. The molecule has 0 aliphatic rings. The first-order valence-corrected chi connectivity index (χ1v) is 6.74. The summed E-state index contributed by atoms with van der Waals surface area (Å²) in [5.74, 6) is -0.318. The number of amides is 1. The topological polar surface area (TPSA) is 46.3 Å². The van der Waals surface area contributed by atoms with Gasteiger partial charge in [-0.25, -0.2) is 0 Å². The quantitative estimate of drug-likeness (QED) is 0.919. The second kappa shape index (κ2) is 6.55. The van der Waals surface area contributed by atoms with Crippen LogP contribution in [0.25, 0.3) is 11.1 Å². The molecule has 20 heavy (non-hydrogen) atoms. The summed E-state index contributed by atoms with van der Waals surface area (Å²) in [6.45, 7) is 0.940. The Morgan fingerprint density at radius 1 is 1.15 bits per heavy atom. The number of hydrogen-bond acceptors (Lipinski definition) is 2. The Morgan fingerprint density at radius 2 is 1.85 bits per heavy atom. The Kier molecular flexibility index (Phi) is 4.77. The van der Waals surface area contributed by atoms with Gasteiger partial charge in [0.1, 0.15) is 0 Å². The predicted octanol–water partition coefficient (Wildman–Crippen LogP) is 2.92. The van der Waals surface area contributed by atoms with Gasteiger partial charge in [0.15, 0.2) is 0 Å². The highest BCUT2D eigenvalue weighted by Gasteiger charge is 2.05. The summed E-state index contributed by atoms with van der Waals surface area (Å²) in [5, 5.41) is 0.728. The van der Waals surface area contributed by atoms with E-state index in [9.17, 15) is 4.79 Å². The molecule has 0 saturated carbocycles. The summed E-state index contributed by atoms with van der Waals surface area (Å²) in [6, 6.07) is 16.0. The predicted molar refractivity (Wildman–Crippen MR) is 82.4 cm³/mol. The van der Waals surface area contributed by atoms with Gasteiger partial charge in [-0.05, 0) is 41.9 Å². The average molecular weight is 289 g/mol. The number of nitrogens with zero attached hydrogens (tertiary/aromatic N) is 1. The van der Waals surface area contributed by atoms with E-state index >= 15 is 0 Å². The fraction of sp³-hybridized carbons (Fsp3) is 0.188. The van der Waals surface area contributed by atoms with Gasteiger partial charge in [0.25, 0.3) is 0 Å². The minimum atomic E-state index is -0.318. The zero-order chi connectivity index (χ0) is 14.5. The smallest absolute Gasteiger partial charge is 0.231 e. The molecule has 1 amide bonds. The molecule has 0 aromatic heterocycles. The first-order valence-electron chi connectivity index (χ1n) is 6.36. The zero-order valence-corrected chi connectivity index (χ0v) is 12.1. The highest BCUT2D eigenvalue weighted by atomic mass is 35.5. The molecule has 0 radical (unpaired) electrons. The maximum Gasteiger partial charge on any atom is 0.231 e. The summed E-state index contributed by atoms with van der Waals surface area (Å²) in [4.78, 5) is 12.8. The van der Waals surface area contributed by atoms with Crippen molar-refractivity contribution in [1.82, 2.24) is 4.90 Å². The van der Waals surface area contributed by atoms with E-state index in [2.05, 4.69) is 12.1 Å².